The maximum atomic E-state index is 12.2. The molecule has 3 heteroatoms. The van der Waals surface area contributed by atoms with Crippen LogP contribution in [0.2, 0.25) is 0 Å². The van der Waals surface area contributed by atoms with Gasteiger partial charge in [-0.2, -0.15) is 0 Å². The second kappa shape index (κ2) is 3.34. The molecule has 1 rings (SSSR count). The lowest BCUT2D eigenvalue weighted by Gasteiger charge is -2.11. The number of hydrogen-bond acceptors (Lipinski definition) is 1. The normalized spacial score (nSPS) is 9.58. The first kappa shape index (κ1) is 8.71. The van der Waals surface area contributed by atoms with Crippen molar-refractivity contribution in [3.63, 3.8) is 0 Å². The zero-order valence-electron chi connectivity index (χ0n) is 7.04. The number of nitrogens with zero attached hydrogens (tertiary/aromatic N) is 1. The lowest BCUT2D eigenvalue weighted by atomic mass is 10.2. The first-order chi connectivity index (χ1) is 5.61. The number of halogens is 1. The van der Waals surface area contributed by atoms with Crippen LogP contribution in [0.15, 0.2) is 24.3 Å². The maximum Gasteiger partial charge on any atom is 0.404 e. The molecule has 0 N–H and O–H groups in total. The summed E-state index contributed by atoms with van der Waals surface area (Å²) in [6, 6.07) is 7.10. The minimum absolute atomic E-state index is 0.572. The van der Waals surface area contributed by atoms with Crippen LogP contribution in [0.3, 0.4) is 0 Å². The summed E-state index contributed by atoms with van der Waals surface area (Å²) in [4.78, 5) is 11.3. The summed E-state index contributed by atoms with van der Waals surface area (Å²) in [5.74, 6) is 0. The van der Waals surface area contributed by atoms with Crippen molar-refractivity contribution in [3.8, 4) is 0 Å². The molecule has 0 aliphatic rings. The predicted octanol–water partition coefficient (Wildman–Crippen LogP) is 2.52. The second-order valence-corrected chi connectivity index (χ2v) is 2.65. The van der Waals surface area contributed by atoms with Gasteiger partial charge in [0.25, 0.3) is 0 Å². The molecule has 12 heavy (non-hydrogen) atoms. The van der Waals surface area contributed by atoms with Gasteiger partial charge in [0.2, 0.25) is 0 Å². The van der Waals surface area contributed by atoms with Gasteiger partial charge in [-0.25, -0.2) is 4.79 Å². The summed E-state index contributed by atoms with van der Waals surface area (Å²) in [5.41, 5.74) is 1.57. The number of benzene rings is 1. The number of rotatable bonds is 1. The third-order valence-corrected chi connectivity index (χ3v) is 1.65. The molecule has 2 nitrogen and oxygen atoms in total. The Labute approximate surface area is 70.6 Å². The molecular weight excluding hydrogens is 157 g/mol. The molecule has 0 heterocycles. The first-order valence-corrected chi connectivity index (χ1v) is 3.61. The van der Waals surface area contributed by atoms with Crippen molar-refractivity contribution in [1.82, 2.24) is 0 Å². The second-order valence-electron chi connectivity index (χ2n) is 2.65. The SMILES string of the molecule is Cc1cccc(N(C)C(=O)F)c1. The molecule has 0 aliphatic carbocycles. The average Bonchev–Trinajstić information content (AvgIpc) is 2.03. The Morgan fingerprint density at radius 1 is 1.50 bits per heavy atom. The van der Waals surface area contributed by atoms with Crippen LogP contribution in [0.1, 0.15) is 5.56 Å². The van der Waals surface area contributed by atoms with Crippen molar-refractivity contribution < 1.29 is 9.18 Å². The molecule has 0 bridgehead atoms. The number of hydrogen-bond donors (Lipinski definition) is 0. The van der Waals surface area contributed by atoms with Crippen LogP contribution >= 0.6 is 0 Å². The third-order valence-electron chi connectivity index (χ3n) is 1.65. The van der Waals surface area contributed by atoms with Crippen molar-refractivity contribution in [2.75, 3.05) is 11.9 Å². The van der Waals surface area contributed by atoms with Gasteiger partial charge in [0.15, 0.2) is 0 Å². The highest BCUT2D eigenvalue weighted by Gasteiger charge is 2.07. The molecule has 0 unspecified atom stereocenters. The number of carbonyl (C=O) groups excluding carboxylic acids is 1. The number of carbonyl (C=O) groups is 1. The van der Waals surface area contributed by atoms with Gasteiger partial charge in [0.05, 0.1) is 0 Å². The van der Waals surface area contributed by atoms with Gasteiger partial charge < -0.3 is 0 Å². The van der Waals surface area contributed by atoms with Crippen molar-refractivity contribution >= 4 is 11.8 Å². The van der Waals surface area contributed by atoms with Crippen molar-refractivity contribution in [2.45, 2.75) is 6.92 Å². The van der Waals surface area contributed by atoms with Crippen LogP contribution in [-0.2, 0) is 0 Å². The Hall–Kier alpha value is -1.38. The minimum Gasteiger partial charge on any atom is -0.287 e. The molecule has 0 aromatic heterocycles. The molecule has 0 radical (unpaired) electrons. The molecule has 0 fully saturated rings. The molecule has 0 spiro atoms. The zero-order chi connectivity index (χ0) is 9.14. The van der Waals surface area contributed by atoms with Crippen LogP contribution in [0.5, 0.6) is 0 Å². The number of amides is 1. The van der Waals surface area contributed by atoms with Crippen molar-refractivity contribution in [3.05, 3.63) is 29.8 Å². The van der Waals surface area contributed by atoms with E-state index in [1.54, 1.807) is 18.2 Å². The summed E-state index contributed by atoms with van der Waals surface area (Å²) in [5, 5.41) is 0. The topological polar surface area (TPSA) is 20.3 Å². The van der Waals surface area contributed by atoms with E-state index in [1.165, 1.54) is 7.05 Å². The minimum atomic E-state index is -1.44. The van der Waals surface area contributed by atoms with E-state index in [1.807, 2.05) is 13.0 Å². The largest absolute Gasteiger partial charge is 0.404 e. The first-order valence-electron chi connectivity index (χ1n) is 3.61. The Bertz CT molecular complexity index is 298. The van der Waals surface area contributed by atoms with E-state index in [0.717, 1.165) is 10.5 Å². The molecule has 0 aliphatic heterocycles. The standard InChI is InChI=1S/C9H10FNO/c1-7-4-3-5-8(6-7)11(2)9(10)12/h3-6H,1-2H3. The summed E-state index contributed by atoms with van der Waals surface area (Å²) in [7, 11) is 1.40. The van der Waals surface area contributed by atoms with Crippen molar-refractivity contribution in [1.29, 1.82) is 0 Å². The summed E-state index contributed by atoms with van der Waals surface area (Å²) >= 11 is 0. The van der Waals surface area contributed by atoms with E-state index in [9.17, 15) is 9.18 Å². The molecule has 1 aromatic rings. The van der Waals surface area contributed by atoms with Gasteiger partial charge in [-0.3, -0.25) is 4.90 Å². The molecule has 0 saturated heterocycles. The monoisotopic (exact) mass is 167 g/mol. The van der Waals surface area contributed by atoms with Gasteiger partial charge in [-0.05, 0) is 24.6 Å². The van der Waals surface area contributed by atoms with Gasteiger partial charge in [0.1, 0.15) is 0 Å². The molecule has 1 amide bonds. The summed E-state index contributed by atoms with van der Waals surface area (Å²) < 4.78 is 12.2. The molecule has 64 valence electrons. The Morgan fingerprint density at radius 3 is 2.67 bits per heavy atom. The Kier molecular flexibility index (Phi) is 2.43. The quantitative estimate of drug-likeness (QED) is 0.465. The van der Waals surface area contributed by atoms with E-state index in [-0.39, 0.29) is 0 Å². The lowest BCUT2D eigenvalue weighted by Crippen LogP contribution is -2.20. The predicted molar refractivity (Wildman–Crippen MR) is 46.1 cm³/mol. The molecular formula is C9H10FNO. The highest BCUT2D eigenvalue weighted by Crippen LogP contribution is 2.14. The number of anilines is 1. The summed E-state index contributed by atoms with van der Waals surface area (Å²) in [6.07, 6.45) is -1.44. The van der Waals surface area contributed by atoms with Crippen LogP contribution in [0, 0.1) is 6.92 Å². The lowest BCUT2D eigenvalue weighted by molar-refractivity contribution is 0.229. The van der Waals surface area contributed by atoms with Gasteiger partial charge in [0, 0.05) is 12.7 Å². The smallest absolute Gasteiger partial charge is 0.287 e. The zero-order valence-corrected chi connectivity index (χ0v) is 7.04. The maximum absolute atomic E-state index is 12.2. The van der Waals surface area contributed by atoms with Gasteiger partial charge >= 0.3 is 6.16 Å². The van der Waals surface area contributed by atoms with E-state index in [4.69, 9.17) is 0 Å². The van der Waals surface area contributed by atoms with Crippen LogP contribution < -0.4 is 4.90 Å². The Balaban J connectivity index is 2.95. The molecule has 1 aromatic carbocycles. The van der Waals surface area contributed by atoms with Crippen LogP contribution in [0.4, 0.5) is 14.9 Å². The third kappa shape index (κ3) is 1.81. The van der Waals surface area contributed by atoms with E-state index in [2.05, 4.69) is 0 Å². The van der Waals surface area contributed by atoms with Gasteiger partial charge in [-0.1, -0.05) is 12.1 Å². The number of aryl methyl sites for hydroxylation is 1. The highest BCUT2D eigenvalue weighted by molar-refractivity contribution is 5.85. The fourth-order valence-corrected chi connectivity index (χ4v) is 0.938. The highest BCUT2D eigenvalue weighted by atomic mass is 19.1. The fourth-order valence-electron chi connectivity index (χ4n) is 0.938. The molecule has 0 saturated carbocycles. The van der Waals surface area contributed by atoms with E-state index >= 15 is 0 Å². The van der Waals surface area contributed by atoms with E-state index in [0.29, 0.717) is 5.69 Å². The fraction of sp³-hybridized carbons (Fsp3) is 0.222. The Morgan fingerprint density at radius 2 is 2.17 bits per heavy atom. The summed E-state index contributed by atoms with van der Waals surface area (Å²) in [6.45, 7) is 1.89. The van der Waals surface area contributed by atoms with Crippen LogP contribution in [-0.4, -0.2) is 13.2 Å². The van der Waals surface area contributed by atoms with Crippen molar-refractivity contribution in [2.24, 2.45) is 0 Å². The average molecular weight is 167 g/mol. The molecule has 0 atom stereocenters. The van der Waals surface area contributed by atoms with E-state index < -0.39 is 6.16 Å². The van der Waals surface area contributed by atoms with Gasteiger partial charge in [-0.15, -0.1) is 4.39 Å². The van der Waals surface area contributed by atoms with Crippen LogP contribution in [0.25, 0.3) is 0 Å².